The molecule has 1 fully saturated rings. The Balaban J connectivity index is 1.39. The van der Waals surface area contributed by atoms with E-state index in [2.05, 4.69) is 27.9 Å². The van der Waals surface area contributed by atoms with Gasteiger partial charge in [-0.25, -0.2) is 4.79 Å². The second-order valence-corrected chi connectivity index (χ2v) is 9.28. The molecule has 1 N–H and O–H groups in total. The monoisotopic (exact) mass is 584 g/mol. The Morgan fingerprint density at radius 1 is 0.941 bits per heavy atom. The lowest BCUT2D eigenvalue weighted by Crippen LogP contribution is -2.36. The van der Waals surface area contributed by atoms with Gasteiger partial charge >= 0.3 is 5.97 Å². The molecular weight excluding hydrogens is 567 g/mol. The Kier molecular flexibility index (Phi) is 7.43. The van der Waals surface area contributed by atoms with Crippen LogP contribution in [0.4, 0.5) is 10.5 Å². The molecule has 7 nitrogen and oxygen atoms in total. The number of imide groups is 1. The summed E-state index contributed by atoms with van der Waals surface area (Å²) in [6.45, 7) is -0.371. The van der Waals surface area contributed by atoms with Gasteiger partial charge in [-0.05, 0) is 82.4 Å². The number of carbonyl (C=O) groups excluding carboxylic acids is 4. The summed E-state index contributed by atoms with van der Waals surface area (Å²) in [5, 5.41) is 2.14. The maximum atomic E-state index is 12.7. The molecule has 0 aliphatic carbocycles. The van der Waals surface area contributed by atoms with E-state index in [0.717, 1.165) is 20.2 Å². The summed E-state index contributed by atoms with van der Waals surface area (Å²) < 4.78 is 6.20. The van der Waals surface area contributed by atoms with Crippen molar-refractivity contribution in [3.8, 4) is 5.75 Å². The molecule has 0 saturated carbocycles. The van der Waals surface area contributed by atoms with Crippen LogP contribution >= 0.6 is 34.4 Å². The SMILES string of the molecule is O=C(CN1C(=O)S/C(=C\c2ccc(OC(=O)c3ccccc3I)cc2)C1=O)Nc1ccccc1. The fraction of sp³-hybridized carbons (Fsp3) is 0.0400. The van der Waals surface area contributed by atoms with Crippen molar-refractivity contribution in [2.75, 3.05) is 11.9 Å². The molecule has 1 aliphatic heterocycles. The van der Waals surface area contributed by atoms with Gasteiger partial charge in [0.25, 0.3) is 11.1 Å². The van der Waals surface area contributed by atoms with Crippen LogP contribution in [0.1, 0.15) is 15.9 Å². The number of carbonyl (C=O) groups is 4. The minimum Gasteiger partial charge on any atom is -0.423 e. The van der Waals surface area contributed by atoms with E-state index in [1.54, 1.807) is 66.7 Å². The molecule has 0 bridgehead atoms. The minimum atomic E-state index is -0.535. The number of hydrogen-bond donors (Lipinski definition) is 1. The van der Waals surface area contributed by atoms with Crippen LogP contribution in [-0.4, -0.2) is 34.5 Å². The topological polar surface area (TPSA) is 92.8 Å². The van der Waals surface area contributed by atoms with Gasteiger partial charge in [-0.1, -0.05) is 42.5 Å². The highest BCUT2D eigenvalue weighted by Gasteiger charge is 2.36. The molecule has 0 aromatic heterocycles. The molecule has 34 heavy (non-hydrogen) atoms. The Morgan fingerprint density at radius 2 is 1.62 bits per heavy atom. The van der Waals surface area contributed by atoms with Gasteiger partial charge in [0.05, 0.1) is 10.5 Å². The fourth-order valence-electron chi connectivity index (χ4n) is 3.07. The lowest BCUT2D eigenvalue weighted by molar-refractivity contribution is -0.127. The third-order valence-electron chi connectivity index (χ3n) is 4.72. The van der Waals surface area contributed by atoms with E-state index in [-0.39, 0.29) is 11.4 Å². The van der Waals surface area contributed by atoms with Crippen LogP contribution in [-0.2, 0) is 9.59 Å². The van der Waals surface area contributed by atoms with Gasteiger partial charge < -0.3 is 10.1 Å². The first-order chi connectivity index (χ1) is 16.4. The summed E-state index contributed by atoms with van der Waals surface area (Å²) in [6, 6.07) is 22.5. The van der Waals surface area contributed by atoms with Crippen LogP contribution in [0, 0.1) is 3.57 Å². The molecule has 1 aliphatic rings. The zero-order valence-corrected chi connectivity index (χ0v) is 20.5. The Morgan fingerprint density at radius 3 is 2.32 bits per heavy atom. The Bertz CT molecular complexity index is 1290. The normalized spacial score (nSPS) is 14.4. The third-order valence-corrected chi connectivity index (χ3v) is 6.56. The quantitative estimate of drug-likeness (QED) is 0.186. The largest absolute Gasteiger partial charge is 0.423 e. The van der Waals surface area contributed by atoms with Crippen LogP contribution in [0.2, 0.25) is 0 Å². The number of rotatable bonds is 6. The first-order valence-corrected chi connectivity index (χ1v) is 12.0. The smallest absolute Gasteiger partial charge is 0.344 e. The second-order valence-electron chi connectivity index (χ2n) is 7.12. The molecule has 9 heteroatoms. The Labute approximate surface area is 213 Å². The van der Waals surface area contributed by atoms with E-state index in [4.69, 9.17) is 4.74 Å². The van der Waals surface area contributed by atoms with Gasteiger partial charge in [0, 0.05) is 9.26 Å². The standard InChI is InChI=1S/C25H17IN2O5S/c26-20-9-5-4-8-19(20)24(31)33-18-12-10-16(11-13-18)14-21-23(30)28(25(32)34-21)15-22(29)27-17-6-2-1-3-7-17/h1-14H,15H2,(H,27,29)/b21-14-. The van der Waals surface area contributed by atoms with Crippen LogP contribution < -0.4 is 10.1 Å². The molecule has 1 saturated heterocycles. The van der Waals surface area contributed by atoms with Gasteiger partial charge in [0.15, 0.2) is 0 Å². The number of amides is 3. The van der Waals surface area contributed by atoms with Crippen LogP contribution in [0.3, 0.4) is 0 Å². The van der Waals surface area contributed by atoms with Crippen LogP contribution in [0.5, 0.6) is 5.75 Å². The maximum Gasteiger partial charge on any atom is 0.344 e. The minimum absolute atomic E-state index is 0.209. The van der Waals surface area contributed by atoms with E-state index in [0.29, 0.717) is 22.6 Å². The molecule has 3 aromatic carbocycles. The average molecular weight is 584 g/mol. The molecule has 0 atom stereocenters. The first-order valence-electron chi connectivity index (χ1n) is 10.1. The molecule has 0 unspecified atom stereocenters. The molecule has 170 valence electrons. The summed E-state index contributed by atoms with van der Waals surface area (Å²) in [4.78, 5) is 50.7. The number of ether oxygens (including phenoxy) is 1. The summed E-state index contributed by atoms with van der Waals surface area (Å²) in [5.74, 6) is -1.11. The van der Waals surface area contributed by atoms with Crippen molar-refractivity contribution in [3.05, 3.63) is 98.5 Å². The molecule has 4 rings (SSSR count). The first kappa shape index (κ1) is 23.7. The number of nitrogens with zero attached hydrogens (tertiary/aromatic N) is 1. The summed E-state index contributed by atoms with van der Waals surface area (Å²) in [5.41, 5.74) is 1.70. The molecule has 0 radical (unpaired) electrons. The lowest BCUT2D eigenvalue weighted by atomic mass is 10.2. The predicted molar refractivity (Wildman–Crippen MR) is 138 cm³/mol. The number of benzene rings is 3. The van der Waals surface area contributed by atoms with E-state index < -0.39 is 23.0 Å². The maximum absolute atomic E-state index is 12.7. The number of para-hydroxylation sites is 1. The van der Waals surface area contributed by atoms with Crippen LogP contribution in [0.25, 0.3) is 6.08 Å². The summed E-state index contributed by atoms with van der Waals surface area (Å²) >= 11 is 2.84. The van der Waals surface area contributed by atoms with Gasteiger partial charge in [0.1, 0.15) is 12.3 Å². The average Bonchev–Trinajstić information content (AvgIpc) is 3.08. The lowest BCUT2D eigenvalue weighted by Gasteiger charge is -2.12. The van der Waals surface area contributed by atoms with Crippen molar-refractivity contribution >= 4 is 69.1 Å². The highest BCUT2D eigenvalue weighted by Crippen LogP contribution is 2.32. The number of halogens is 1. The van der Waals surface area contributed by atoms with Crippen molar-refractivity contribution in [2.24, 2.45) is 0 Å². The fourth-order valence-corrected chi connectivity index (χ4v) is 4.52. The van der Waals surface area contributed by atoms with E-state index in [9.17, 15) is 19.2 Å². The summed E-state index contributed by atoms with van der Waals surface area (Å²) in [7, 11) is 0. The van der Waals surface area contributed by atoms with Crippen molar-refractivity contribution in [1.29, 1.82) is 0 Å². The number of thioether (sulfide) groups is 1. The van der Waals surface area contributed by atoms with Crippen LogP contribution in [0.15, 0.2) is 83.8 Å². The number of anilines is 1. The number of hydrogen-bond acceptors (Lipinski definition) is 6. The predicted octanol–water partition coefficient (Wildman–Crippen LogP) is 5.19. The molecular formula is C25H17IN2O5S. The number of nitrogens with one attached hydrogen (secondary N) is 1. The molecule has 3 aromatic rings. The number of esters is 1. The van der Waals surface area contributed by atoms with Crippen molar-refractivity contribution in [1.82, 2.24) is 4.90 Å². The highest BCUT2D eigenvalue weighted by atomic mass is 127. The zero-order valence-electron chi connectivity index (χ0n) is 17.6. The molecule has 1 heterocycles. The van der Waals surface area contributed by atoms with E-state index in [1.807, 2.05) is 18.2 Å². The van der Waals surface area contributed by atoms with Crippen molar-refractivity contribution < 1.29 is 23.9 Å². The van der Waals surface area contributed by atoms with Gasteiger partial charge in [0.2, 0.25) is 5.91 Å². The highest BCUT2D eigenvalue weighted by molar-refractivity contribution is 14.1. The second kappa shape index (κ2) is 10.7. The third kappa shape index (κ3) is 5.72. The van der Waals surface area contributed by atoms with Gasteiger partial charge in [-0.2, -0.15) is 0 Å². The van der Waals surface area contributed by atoms with Crippen molar-refractivity contribution in [2.45, 2.75) is 0 Å². The molecule has 3 amide bonds. The Hall–Kier alpha value is -3.44. The van der Waals surface area contributed by atoms with Crippen molar-refractivity contribution in [3.63, 3.8) is 0 Å². The van der Waals surface area contributed by atoms with Gasteiger partial charge in [-0.15, -0.1) is 0 Å². The zero-order chi connectivity index (χ0) is 24.1. The summed E-state index contributed by atoms with van der Waals surface area (Å²) in [6.07, 6.45) is 1.56. The van der Waals surface area contributed by atoms with E-state index in [1.165, 1.54) is 0 Å². The molecule has 0 spiro atoms. The van der Waals surface area contributed by atoms with Gasteiger partial charge in [-0.3, -0.25) is 19.3 Å². The van der Waals surface area contributed by atoms with E-state index >= 15 is 0 Å².